The number of nitrogens with zero attached hydrogens (tertiary/aromatic N) is 3. The first-order chi connectivity index (χ1) is 7.68. The number of rotatable bonds is 4. The molecule has 0 amide bonds. The highest BCUT2D eigenvalue weighted by molar-refractivity contribution is 7.07. The van der Waals surface area contributed by atoms with Gasteiger partial charge in [-0.25, -0.2) is 9.48 Å². The lowest BCUT2D eigenvalue weighted by atomic mass is 10.2. The Morgan fingerprint density at radius 2 is 2.44 bits per heavy atom. The van der Waals surface area contributed by atoms with Gasteiger partial charge in [0.1, 0.15) is 0 Å². The van der Waals surface area contributed by atoms with Crippen LogP contribution in [0.2, 0.25) is 0 Å². The van der Waals surface area contributed by atoms with E-state index in [1.54, 1.807) is 22.9 Å². The molecule has 0 bridgehead atoms. The van der Waals surface area contributed by atoms with Gasteiger partial charge in [0.25, 0.3) is 0 Å². The van der Waals surface area contributed by atoms with Crippen LogP contribution in [0.4, 0.5) is 0 Å². The molecule has 0 aliphatic rings. The van der Waals surface area contributed by atoms with Crippen LogP contribution in [0.5, 0.6) is 0 Å². The van der Waals surface area contributed by atoms with Crippen LogP contribution in [0.25, 0.3) is 0 Å². The summed E-state index contributed by atoms with van der Waals surface area (Å²) in [4.78, 5) is 10.8. The second-order valence-corrected chi connectivity index (χ2v) is 4.21. The van der Waals surface area contributed by atoms with E-state index >= 15 is 0 Å². The summed E-state index contributed by atoms with van der Waals surface area (Å²) in [5, 5.41) is 20.4. The first-order valence-corrected chi connectivity index (χ1v) is 5.77. The minimum absolute atomic E-state index is 0.0327. The zero-order chi connectivity index (χ0) is 11.5. The van der Waals surface area contributed by atoms with Crippen LogP contribution in [0.3, 0.4) is 0 Å². The van der Waals surface area contributed by atoms with Crippen molar-refractivity contribution in [3.05, 3.63) is 33.8 Å². The van der Waals surface area contributed by atoms with Gasteiger partial charge in [0.2, 0.25) is 0 Å². The third-order valence-corrected chi connectivity index (χ3v) is 3.11. The van der Waals surface area contributed by atoms with Gasteiger partial charge >= 0.3 is 5.97 Å². The van der Waals surface area contributed by atoms with Gasteiger partial charge in [0.15, 0.2) is 5.69 Å². The molecule has 2 aromatic heterocycles. The molecule has 2 rings (SSSR count). The monoisotopic (exact) mass is 237 g/mol. The summed E-state index contributed by atoms with van der Waals surface area (Å²) in [5.74, 6) is -1.03. The van der Waals surface area contributed by atoms with Crippen LogP contribution < -0.4 is 0 Å². The highest BCUT2D eigenvalue weighted by Gasteiger charge is 2.14. The Morgan fingerprint density at radius 3 is 3.00 bits per heavy atom. The molecule has 5 nitrogen and oxygen atoms in total. The maximum absolute atomic E-state index is 10.8. The largest absolute Gasteiger partial charge is 0.476 e. The molecule has 0 aliphatic heterocycles. The Balaban J connectivity index is 2.08. The van der Waals surface area contributed by atoms with Gasteiger partial charge in [-0.05, 0) is 35.7 Å². The minimum Gasteiger partial charge on any atom is -0.476 e. The lowest BCUT2D eigenvalue weighted by Crippen LogP contribution is -2.06. The molecule has 16 heavy (non-hydrogen) atoms. The van der Waals surface area contributed by atoms with Crippen molar-refractivity contribution >= 4 is 17.3 Å². The fourth-order valence-corrected chi connectivity index (χ4v) is 2.14. The predicted octanol–water partition coefficient (Wildman–Crippen LogP) is 1.59. The van der Waals surface area contributed by atoms with Crippen LogP contribution in [0.1, 0.15) is 21.7 Å². The predicted molar refractivity (Wildman–Crippen MR) is 59.7 cm³/mol. The van der Waals surface area contributed by atoms with Crippen molar-refractivity contribution in [2.45, 2.75) is 19.9 Å². The zero-order valence-corrected chi connectivity index (χ0v) is 9.57. The maximum Gasteiger partial charge on any atom is 0.358 e. The van der Waals surface area contributed by atoms with Crippen LogP contribution in [-0.4, -0.2) is 26.1 Å². The van der Waals surface area contributed by atoms with Gasteiger partial charge in [-0.2, -0.15) is 11.3 Å². The van der Waals surface area contributed by atoms with Gasteiger partial charge < -0.3 is 5.11 Å². The maximum atomic E-state index is 10.8. The fraction of sp³-hybridized carbons (Fsp3) is 0.300. The molecule has 0 spiro atoms. The fourth-order valence-electron chi connectivity index (χ4n) is 1.44. The second kappa shape index (κ2) is 4.44. The summed E-state index contributed by atoms with van der Waals surface area (Å²) in [7, 11) is 0. The summed E-state index contributed by atoms with van der Waals surface area (Å²) < 4.78 is 1.63. The van der Waals surface area contributed by atoms with E-state index in [0.29, 0.717) is 12.2 Å². The van der Waals surface area contributed by atoms with Crippen LogP contribution in [-0.2, 0) is 13.0 Å². The summed E-state index contributed by atoms with van der Waals surface area (Å²) in [6.07, 6.45) is 0.840. The van der Waals surface area contributed by atoms with Crippen molar-refractivity contribution in [3.8, 4) is 0 Å². The molecule has 2 aromatic rings. The number of carbonyl (C=O) groups is 1. The molecule has 6 heteroatoms. The molecule has 2 heterocycles. The zero-order valence-electron chi connectivity index (χ0n) is 8.75. The first kappa shape index (κ1) is 10.8. The standard InChI is InChI=1S/C10H11N3O2S/c1-7-9(10(14)15)11-12-13(7)4-2-8-3-5-16-6-8/h3,5-6H,2,4H2,1H3,(H,14,15). The summed E-state index contributed by atoms with van der Waals surface area (Å²) in [6, 6.07) is 2.05. The first-order valence-electron chi connectivity index (χ1n) is 4.83. The smallest absolute Gasteiger partial charge is 0.358 e. The average Bonchev–Trinajstić information content (AvgIpc) is 2.84. The molecule has 1 N–H and O–H groups in total. The SMILES string of the molecule is Cc1c(C(=O)O)nnn1CCc1ccsc1. The number of hydrogen-bond acceptors (Lipinski definition) is 4. The van der Waals surface area contributed by atoms with Gasteiger partial charge in [0, 0.05) is 6.54 Å². The van der Waals surface area contributed by atoms with Crippen LogP contribution in [0, 0.1) is 6.92 Å². The highest BCUT2D eigenvalue weighted by atomic mass is 32.1. The Labute approximate surface area is 96.3 Å². The van der Waals surface area contributed by atoms with Crippen molar-refractivity contribution in [3.63, 3.8) is 0 Å². The van der Waals surface area contributed by atoms with E-state index in [4.69, 9.17) is 5.11 Å². The van der Waals surface area contributed by atoms with E-state index in [2.05, 4.69) is 21.8 Å². The van der Waals surface area contributed by atoms with E-state index in [1.807, 2.05) is 5.38 Å². The van der Waals surface area contributed by atoms with E-state index in [1.165, 1.54) is 5.56 Å². The molecule has 0 saturated carbocycles. The van der Waals surface area contributed by atoms with Crippen molar-refractivity contribution in [1.29, 1.82) is 0 Å². The Morgan fingerprint density at radius 1 is 1.62 bits per heavy atom. The number of carboxylic acids is 1. The van der Waals surface area contributed by atoms with Crippen molar-refractivity contribution < 1.29 is 9.90 Å². The average molecular weight is 237 g/mol. The molecule has 0 atom stereocenters. The molecule has 84 valence electrons. The van der Waals surface area contributed by atoms with Crippen molar-refractivity contribution in [2.24, 2.45) is 0 Å². The highest BCUT2D eigenvalue weighted by Crippen LogP contribution is 2.09. The summed E-state index contributed by atoms with van der Waals surface area (Å²) in [5.41, 5.74) is 1.87. The molecule has 0 saturated heterocycles. The summed E-state index contributed by atoms with van der Waals surface area (Å²) >= 11 is 1.65. The van der Waals surface area contributed by atoms with Gasteiger partial charge in [-0.3, -0.25) is 0 Å². The van der Waals surface area contributed by atoms with Gasteiger partial charge in [-0.15, -0.1) is 5.10 Å². The van der Waals surface area contributed by atoms with Crippen molar-refractivity contribution in [1.82, 2.24) is 15.0 Å². The van der Waals surface area contributed by atoms with E-state index in [-0.39, 0.29) is 5.69 Å². The topological polar surface area (TPSA) is 68.0 Å². The molecular weight excluding hydrogens is 226 g/mol. The van der Waals surface area contributed by atoms with E-state index in [0.717, 1.165) is 6.42 Å². The molecular formula is C10H11N3O2S. The van der Waals surface area contributed by atoms with E-state index < -0.39 is 5.97 Å². The second-order valence-electron chi connectivity index (χ2n) is 3.43. The normalized spacial score (nSPS) is 10.6. The number of carboxylic acid groups (broad SMARTS) is 1. The third-order valence-electron chi connectivity index (χ3n) is 2.38. The number of thiophene rings is 1. The van der Waals surface area contributed by atoms with Crippen LogP contribution >= 0.6 is 11.3 Å². The Bertz CT molecular complexity index is 490. The molecule has 0 aromatic carbocycles. The number of aryl methyl sites for hydroxylation is 2. The van der Waals surface area contributed by atoms with Crippen molar-refractivity contribution in [2.75, 3.05) is 0 Å². The molecule has 0 radical (unpaired) electrons. The third kappa shape index (κ3) is 2.11. The molecule has 0 fully saturated rings. The molecule has 0 unspecified atom stereocenters. The number of aromatic carboxylic acids is 1. The lowest BCUT2D eigenvalue weighted by molar-refractivity contribution is 0.0689. The number of aromatic nitrogens is 3. The Hall–Kier alpha value is -1.69. The molecule has 0 aliphatic carbocycles. The van der Waals surface area contributed by atoms with Crippen LogP contribution in [0.15, 0.2) is 16.8 Å². The lowest BCUT2D eigenvalue weighted by Gasteiger charge is -2.01. The number of hydrogen-bond donors (Lipinski definition) is 1. The Kier molecular flexibility index (Phi) is 3.00. The van der Waals surface area contributed by atoms with E-state index in [9.17, 15) is 4.79 Å². The minimum atomic E-state index is -1.03. The quantitative estimate of drug-likeness (QED) is 0.876. The van der Waals surface area contributed by atoms with Gasteiger partial charge in [0.05, 0.1) is 5.69 Å². The van der Waals surface area contributed by atoms with Gasteiger partial charge in [-0.1, -0.05) is 5.21 Å². The summed E-state index contributed by atoms with van der Waals surface area (Å²) in [6.45, 7) is 2.37.